The molecule has 0 aromatic carbocycles. The molecular weight excluding hydrogens is 248 g/mol. The minimum atomic E-state index is -0.178. The van der Waals surface area contributed by atoms with E-state index in [1.807, 2.05) is 13.0 Å². The average molecular weight is 276 g/mol. The first kappa shape index (κ1) is 15.5. The summed E-state index contributed by atoms with van der Waals surface area (Å²) in [5.41, 5.74) is 2.17. The number of aryl methyl sites for hydroxylation is 1. The topological polar surface area (TPSA) is 36.4 Å². The highest BCUT2D eigenvalue weighted by Crippen LogP contribution is 2.30. The van der Waals surface area contributed by atoms with Gasteiger partial charge in [0.1, 0.15) is 0 Å². The summed E-state index contributed by atoms with van der Waals surface area (Å²) < 4.78 is 0. The quantitative estimate of drug-likeness (QED) is 0.897. The van der Waals surface area contributed by atoms with Gasteiger partial charge in [0.05, 0.1) is 11.8 Å². The maximum absolute atomic E-state index is 10.4. The predicted octanol–water partition coefficient (Wildman–Crippen LogP) is 3.15. The molecule has 20 heavy (non-hydrogen) atoms. The molecule has 0 spiro atoms. The summed E-state index contributed by atoms with van der Waals surface area (Å²) in [6.07, 6.45) is 4.29. The molecule has 3 heteroatoms. The van der Waals surface area contributed by atoms with Crippen molar-refractivity contribution in [2.24, 2.45) is 5.92 Å². The highest BCUT2D eigenvalue weighted by atomic mass is 16.3. The Labute approximate surface area is 123 Å². The zero-order valence-corrected chi connectivity index (χ0v) is 13.0. The van der Waals surface area contributed by atoms with Crippen molar-refractivity contribution in [2.45, 2.75) is 65.1 Å². The van der Waals surface area contributed by atoms with Gasteiger partial charge in [0.25, 0.3) is 0 Å². The molecular formula is C17H28N2O. The zero-order valence-electron chi connectivity index (χ0n) is 13.0. The fourth-order valence-electron chi connectivity index (χ4n) is 3.34. The Bertz CT molecular complexity index is 421. The third kappa shape index (κ3) is 3.80. The Morgan fingerprint density at radius 1 is 1.30 bits per heavy atom. The first-order valence-electron chi connectivity index (χ1n) is 7.98. The molecule has 1 heterocycles. The molecule has 1 saturated carbocycles. The monoisotopic (exact) mass is 276 g/mol. The largest absolute Gasteiger partial charge is 0.391 e. The van der Waals surface area contributed by atoms with Crippen LogP contribution in [-0.2, 0) is 6.54 Å². The summed E-state index contributed by atoms with van der Waals surface area (Å²) in [6.45, 7) is 8.28. The van der Waals surface area contributed by atoms with Gasteiger partial charge in [-0.2, -0.15) is 0 Å². The first-order valence-corrected chi connectivity index (χ1v) is 7.98. The molecule has 0 bridgehead atoms. The Hall–Kier alpha value is -0.930. The summed E-state index contributed by atoms with van der Waals surface area (Å²) in [7, 11) is 0. The number of aromatic nitrogens is 1. The number of nitrogens with zero attached hydrogens (tertiary/aromatic N) is 2. The van der Waals surface area contributed by atoms with Crippen LogP contribution in [0.2, 0.25) is 0 Å². The van der Waals surface area contributed by atoms with Crippen molar-refractivity contribution in [3.63, 3.8) is 0 Å². The van der Waals surface area contributed by atoms with Crippen molar-refractivity contribution in [1.29, 1.82) is 0 Å². The zero-order chi connectivity index (χ0) is 14.5. The highest BCUT2D eigenvalue weighted by Gasteiger charge is 2.32. The second-order valence-electron chi connectivity index (χ2n) is 6.06. The van der Waals surface area contributed by atoms with Gasteiger partial charge in [-0.1, -0.05) is 26.3 Å². The van der Waals surface area contributed by atoms with Crippen molar-refractivity contribution in [3.05, 3.63) is 29.6 Å². The predicted molar refractivity (Wildman–Crippen MR) is 82.5 cm³/mol. The summed E-state index contributed by atoms with van der Waals surface area (Å²) in [4.78, 5) is 6.99. The lowest BCUT2D eigenvalue weighted by molar-refractivity contribution is 0.000360. The Morgan fingerprint density at radius 3 is 2.75 bits per heavy atom. The standard InChI is InChI=1S/C17H28N2O/c1-4-14-9-10-17(20)16(11-14)19(5-2)12-15-8-6-7-13(3)18-15/h6-8,14,16-17,20H,4-5,9-12H2,1-3H3. The van der Waals surface area contributed by atoms with Gasteiger partial charge in [0, 0.05) is 18.3 Å². The van der Waals surface area contributed by atoms with E-state index in [4.69, 9.17) is 0 Å². The third-order valence-electron chi connectivity index (χ3n) is 4.65. The second kappa shape index (κ2) is 7.19. The lowest BCUT2D eigenvalue weighted by Gasteiger charge is -2.40. The number of aliphatic hydroxyl groups excluding tert-OH is 1. The van der Waals surface area contributed by atoms with Gasteiger partial charge in [0.15, 0.2) is 0 Å². The van der Waals surface area contributed by atoms with E-state index in [1.165, 1.54) is 12.8 Å². The summed E-state index contributed by atoms with van der Waals surface area (Å²) in [5.74, 6) is 0.767. The van der Waals surface area contributed by atoms with Crippen LogP contribution in [0.3, 0.4) is 0 Å². The number of pyridine rings is 1. The van der Waals surface area contributed by atoms with Crippen LogP contribution in [0, 0.1) is 12.8 Å². The van der Waals surface area contributed by atoms with E-state index in [9.17, 15) is 5.11 Å². The fraction of sp³-hybridized carbons (Fsp3) is 0.706. The fourth-order valence-corrected chi connectivity index (χ4v) is 3.34. The van der Waals surface area contributed by atoms with E-state index < -0.39 is 0 Å². The van der Waals surface area contributed by atoms with Gasteiger partial charge in [0.2, 0.25) is 0 Å². The van der Waals surface area contributed by atoms with Crippen molar-refractivity contribution >= 4 is 0 Å². The summed E-state index contributed by atoms with van der Waals surface area (Å²) in [6, 6.07) is 6.48. The molecule has 1 N–H and O–H groups in total. The molecule has 1 aliphatic carbocycles. The molecule has 1 aromatic heterocycles. The van der Waals surface area contributed by atoms with Gasteiger partial charge in [-0.3, -0.25) is 9.88 Å². The van der Waals surface area contributed by atoms with E-state index >= 15 is 0 Å². The molecule has 3 nitrogen and oxygen atoms in total. The molecule has 1 aromatic rings. The Balaban J connectivity index is 2.06. The summed E-state index contributed by atoms with van der Waals surface area (Å²) >= 11 is 0. The lowest BCUT2D eigenvalue weighted by Crippen LogP contribution is -2.47. The SMILES string of the molecule is CCC1CCC(O)C(N(CC)Cc2cccc(C)n2)C1. The van der Waals surface area contributed by atoms with Crippen molar-refractivity contribution < 1.29 is 5.11 Å². The van der Waals surface area contributed by atoms with Crippen LogP contribution in [-0.4, -0.2) is 33.7 Å². The number of rotatable bonds is 5. The molecule has 3 unspecified atom stereocenters. The molecule has 1 aliphatic rings. The van der Waals surface area contributed by atoms with Crippen LogP contribution in [0.4, 0.5) is 0 Å². The number of hydrogen-bond acceptors (Lipinski definition) is 3. The minimum Gasteiger partial charge on any atom is -0.391 e. The van der Waals surface area contributed by atoms with Crippen molar-refractivity contribution in [2.75, 3.05) is 6.54 Å². The maximum atomic E-state index is 10.4. The van der Waals surface area contributed by atoms with E-state index in [0.717, 1.165) is 43.2 Å². The minimum absolute atomic E-state index is 0.178. The van der Waals surface area contributed by atoms with Crippen LogP contribution in [0.25, 0.3) is 0 Å². The van der Waals surface area contributed by atoms with Crippen LogP contribution in [0.15, 0.2) is 18.2 Å². The Morgan fingerprint density at radius 2 is 2.10 bits per heavy atom. The molecule has 0 saturated heterocycles. The number of likely N-dealkylation sites (N-methyl/N-ethyl adjacent to an activating group) is 1. The molecule has 3 atom stereocenters. The number of aliphatic hydroxyl groups is 1. The van der Waals surface area contributed by atoms with E-state index in [-0.39, 0.29) is 6.10 Å². The summed E-state index contributed by atoms with van der Waals surface area (Å²) in [5, 5.41) is 10.4. The molecule has 0 amide bonds. The molecule has 0 radical (unpaired) electrons. The number of hydrogen-bond donors (Lipinski definition) is 1. The smallest absolute Gasteiger partial charge is 0.0695 e. The van der Waals surface area contributed by atoms with Gasteiger partial charge in [-0.05, 0) is 50.8 Å². The molecule has 2 rings (SSSR count). The molecule has 0 aliphatic heterocycles. The van der Waals surface area contributed by atoms with Gasteiger partial charge in [-0.25, -0.2) is 0 Å². The van der Waals surface area contributed by atoms with E-state index in [0.29, 0.717) is 6.04 Å². The average Bonchev–Trinajstić information content (AvgIpc) is 2.46. The van der Waals surface area contributed by atoms with E-state index in [1.54, 1.807) is 0 Å². The van der Waals surface area contributed by atoms with Crippen molar-refractivity contribution in [3.8, 4) is 0 Å². The molecule has 1 fully saturated rings. The van der Waals surface area contributed by atoms with Crippen molar-refractivity contribution in [1.82, 2.24) is 9.88 Å². The first-order chi connectivity index (χ1) is 9.63. The van der Waals surface area contributed by atoms with Crippen LogP contribution in [0.5, 0.6) is 0 Å². The normalized spacial score (nSPS) is 26.9. The van der Waals surface area contributed by atoms with Gasteiger partial charge in [-0.15, -0.1) is 0 Å². The van der Waals surface area contributed by atoms with Crippen LogP contribution < -0.4 is 0 Å². The van der Waals surface area contributed by atoms with Gasteiger partial charge < -0.3 is 5.11 Å². The lowest BCUT2D eigenvalue weighted by atomic mass is 9.81. The Kier molecular flexibility index (Phi) is 5.55. The van der Waals surface area contributed by atoms with Gasteiger partial charge >= 0.3 is 0 Å². The second-order valence-corrected chi connectivity index (χ2v) is 6.06. The third-order valence-corrected chi connectivity index (χ3v) is 4.65. The highest BCUT2D eigenvalue weighted by molar-refractivity contribution is 5.10. The van der Waals surface area contributed by atoms with Crippen LogP contribution in [0.1, 0.15) is 50.9 Å². The van der Waals surface area contributed by atoms with Crippen LogP contribution >= 0.6 is 0 Å². The maximum Gasteiger partial charge on any atom is 0.0695 e. The molecule has 112 valence electrons. The van der Waals surface area contributed by atoms with E-state index in [2.05, 4.69) is 35.9 Å².